The fourth-order valence-corrected chi connectivity index (χ4v) is 3.13. The molecule has 1 aliphatic rings. The van der Waals surface area contributed by atoms with Crippen molar-refractivity contribution in [3.05, 3.63) is 0 Å². The minimum absolute atomic E-state index is 0.666. The van der Waals surface area contributed by atoms with E-state index in [1.807, 2.05) is 0 Å². The molecule has 0 aromatic heterocycles. The van der Waals surface area contributed by atoms with Gasteiger partial charge < -0.3 is 0 Å². The maximum absolute atomic E-state index is 2.40. The van der Waals surface area contributed by atoms with Gasteiger partial charge >= 0.3 is 0 Å². The van der Waals surface area contributed by atoms with E-state index in [4.69, 9.17) is 0 Å². The molecule has 1 saturated heterocycles. The number of rotatable bonds is 0. The summed E-state index contributed by atoms with van der Waals surface area (Å²) in [6.07, 6.45) is 5.30. The lowest BCUT2D eigenvalue weighted by atomic mass is 9.87. The summed E-state index contributed by atoms with van der Waals surface area (Å²) in [5.41, 5.74) is 0.666. The molecule has 0 bridgehead atoms. The first kappa shape index (κ1) is 7.46. The second-order valence-corrected chi connectivity index (χ2v) is 6.23. The quantitative estimate of drug-likeness (QED) is 0.458. The highest BCUT2D eigenvalue weighted by Gasteiger charge is 2.29. The van der Waals surface area contributed by atoms with Gasteiger partial charge in [-0.3, -0.25) is 0 Å². The lowest BCUT2D eigenvalue weighted by molar-refractivity contribution is 0.334. The summed E-state index contributed by atoms with van der Waals surface area (Å²) in [6.45, 7) is 4.78. The van der Waals surface area contributed by atoms with Crippen molar-refractivity contribution >= 4 is 10.9 Å². The Labute approximate surface area is 61.4 Å². The zero-order chi connectivity index (χ0) is 6.91. The SMILES string of the molecule is C[S+]1CCC(C)(C)CC1. The molecule has 0 aliphatic carbocycles. The third-order valence-electron chi connectivity index (χ3n) is 2.25. The van der Waals surface area contributed by atoms with Gasteiger partial charge in [-0.1, -0.05) is 13.8 Å². The van der Waals surface area contributed by atoms with E-state index in [1.54, 1.807) is 0 Å². The van der Waals surface area contributed by atoms with E-state index in [1.165, 1.54) is 24.3 Å². The molecule has 0 unspecified atom stereocenters. The fourth-order valence-electron chi connectivity index (χ4n) is 1.13. The maximum atomic E-state index is 2.40. The van der Waals surface area contributed by atoms with Crippen molar-refractivity contribution in [3.63, 3.8) is 0 Å². The largest absolute Gasteiger partial charge is 0.108 e. The predicted octanol–water partition coefficient (Wildman–Crippen LogP) is 2.05. The highest BCUT2D eigenvalue weighted by molar-refractivity contribution is 7.96. The zero-order valence-electron chi connectivity index (χ0n) is 6.74. The molecule has 1 aliphatic heterocycles. The molecule has 0 aromatic carbocycles. The summed E-state index contributed by atoms with van der Waals surface area (Å²) >= 11 is 0. The van der Waals surface area contributed by atoms with Crippen molar-refractivity contribution in [1.82, 2.24) is 0 Å². The molecule has 0 amide bonds. The Bertz CT molecular complexity index is 86.7. The molecular weight excluding hydrogens is 128 g/mol. The van der Waals surface area contributed by atoms with Gasteiger partial charge in [0.25, 0.3) is 0 Å². The smallest absolute Gasteiger partial charge is 0.0596 e. The molecule has 0 saturated carbocycles. The van der Waals surface area contributed by atoms with Crippen molar-refractivity contribution in [2.24, 2.45) is 5.41 Å². The summed E-state index contributed by atoms with van der Waals surface area (Å²) in [5.74, 6) is 2.96. The molecule has 1 fully saturated rings. The van der Waals surface area contributed by atoms with Crippen LogP contribution in [-0.2, 0) is 10.9 Å². The molecule has 1 rings (SSSR count). The first-order valence-electron chi connectivity index (χ1n) is 3.69. The second kappa shape index (κ2) is 2.53. The molecule has 0 spiro atoms. The minimum Gasteiger partial charge on any atom is -0.0596 e. The molecule has 0 atom stereocenters. The Kier molecular flexibility index (Phi) is 2.10. The lowest BCUT2D eigenvalue weighted by Gasteiger charge is -2.27. The van der Waals surface area contributed by atoms with Crippen molar-refractivity contribution in [2.45, 2.75) is 26.7 Å². The molecule has 9 heavy (non-hydrogen) atoms. The topological polar surface area (TPSA) is 0 Å². The van der Waals surface area contributed by atoms with Crippen LogP contribution in [0.15, 0.2) is 0 Å². The molecule has 1 heteroatoms. The van der Waals surface area contributed by atoms with Gasteiger partial charge in [-0.2, -0.15) is 0 Å². The highest BCUT2D eigenvalue weighted by Crippen LogP contribution is 2.30. The molecule has 1 heterocycles. The van der Waals surface area contributed by atoms with Crippen LogP contribution < -0.4 is 0 Å². The van der Waals surface area contributed by atoms with E-state index in [2.05, 4.69) is 20.1 Å². The summed E-state index contributed by atoms with van der Waals surface area (Å²) in [4.78, 5) is 0. The van der Waals surface area contributed by atoms with Crippen molar-refractivity contribution < 1.29 is 0 Å². The fraction of sp³-hybridized carbons (Fsp3) is 1.00. The van der Waals surface area contributed by atoms with Gasteiger partial charge in [0.1, 0.15) is 11.5 Å². The molecule has 0 radical (unpaired) electrons. The number of hydrogen-bond donors (Lipinski definition) is 0. The molecule has 54 valence electrons. The van der Waals surface area contributed by atoms with Crippen molar-refractivity contribution in [2.75, 3.05) is 17.8 Å². The average Bonchev–Trinajstić information content (AvgIpc) is 1.78. The van der Waals surface area contributed by atoms with Gasteiger partial charge in [-0.25, -0.2) is 0 Å². The summed E-state index contributed by atoms with van der Waals surface area (Å²) in [5, 5.41) is 0. The monoisotopic (exact) mass is 145 g/mol. The highest BCUT2D eigenvalue weighted by atomic mass is 32.2. The van der Waals surface area contributed by atoms with Crippen LogP contribution in [0.2, 0.25) is 0 Å². The Morgan fingerprint density at radius 3 is 1.89 bits per heavy atom. The molecular formula is C8H17S+. The Morgan fingerprint density at radius 2 is 1.56 bits per heavy atom. The first-order chi connectivity index (χ1) is 4.10. The normalized spacial score (nSPS) is 28.3. The molecule has 0 aromatic rings. The van der Waals surface area contributed by atoms with E-state index >= 15 is 0 Å². The Hall–Kier alpha value is 0.350. The van der Waals surface area contributed by atoms with Gasteiger partial charge in [0, 0.05) is 0 Å². The molecule has 0 N–H and O–H groups in total. The van der Waals surface area contributed by atoms with E-state index < -0.39 is 0 Å². The zero-order valence-corrected chi connectivity index (χ0v) is 7.55. The van der Waals surface area contributed by atoms with Crippen LogP contribution in [-0.4, -0.2) is 17.8 Å². The van der Waals surface area contributed by atoms with Crippen molar-refractivity contribution in [1.29, 1.82) is 0 Å². The van der Waals surface area contributed by atoms with Crippen LogP contribution in [0.1, 0.15) is 26.7 Å². The summed E-state index contributed by atoms with van der Waals surface area (Å²) in [6, 6.07) is 0. The van der Waals surface area contributed by atoms with E-state index in [0.29, 0.717) is 5.41 Å². The van der Waals surface area contributed by atoms with Gasteiger partial charge in [0.15, 0.2) is 0 Å². The Balaban J connectivity index is 2.35. The Morgan fingerprint density at radius 1 is 1.11 bits per heavy atom. The van der Waals surface area contributed by atoms with Crippen LogP contribution in [0.3, 0.4) is 0 Å². The second-order valence-electron chi connectivity index (χ2n) is 3.85. The maximum Gasteiger partial charge on any atom is 0.108 e. The molecule has 0 nitrogen and oxygen atoms in total. The van der Waals surface area contributed by atoms with Crippen LogP contribution in [0, 0.1) is 5.41 Å². The summed E-state index contributed by atoms with van der Waals surface area (Å²) in [7, 11) is 0.763. The standard InChI is InChI=1S/C8H17S/c1-8(2)4-6-9(3)7-5-8/h4-7H2,1-3H3/q+1. The minimum atomic E-state index is 0.666. The van der Waals surface area contributed by atoms with Crippen LogP contribution >= 0.6 is 0 Å². The van der Waals surface area contributed by atoms with E-state index in [0.717, 1.165) is 10.9 Å². The van der Waals surface area contributed by atoms with Gasteiger partial charge in [-0.05, 0) is 29.2 Å². The van der Waals surface area contributed by atoms with E-state index in [9.17, 15) is 0 Å². The predicted molar refractivity (Wildman–Crippen MR) is 46.0 cm³/mol. The van der Waals surface area contributed by atoms with Crippen LogP contribution in [0.4, 0.5) is 0 Å². The van der Waals surface area contributed by atoms with Gasteiger partial charge in [0.05, 0.1) is 6.26 Å². The summed E-state index contributed by atoms with van der Waals surface area (Å²) < 4.78 is 0. The van der Waals surface area contributed by atoms with Gasteiger partial charge in [-0.15, -0.1) is 0 Å². The lowest BCUT2D eigenvalue weighted by Crippen LogP contribution is -2.28. The van der Waals surface area contributed by atoms with Gasteiger partial charge in [0.2, 0.25) is 0 Å². The third kappa shape index (κ3) is 2.21. The van der Waals surface area contributed by atoms with Crippen LogP contribution in [0.25, 0.3) is 0 Å². The third-order valence-corrected chi connectivity index (χ3v) is 4.06. The number of hydrogen-bond acceptors (Lipinski definition) is 0. The van der Waals surface area contributed by atoms with Crippen molar-refractivity contribution in [3.8, 4) is 0 Å². The average molecular weight is 145 g/mol. The van der Waals surface area contributed by atoms with Crippen LogP contribution in [0.5, 0.6) is 0 Å². The first-order valence-corrected chi connectivity index (χ1v) is 5.66. The van der Waals surface area contributed by atoms with E-state index in [-0.39, 0.29) is 0 Å².